The van der Waals surface area contributed by atoms with Gasteiger partial charge in [0.1, 0.15) is 5.75 Å². The summed E-state index contributed by atoms with van der Waals surface area (Å²) in [5.74, 6) is 0.742. The maximum atomic E-state index is 5.93. The summed E-state index contributed by atoms with van der Waals surface area (Å²) < 4.78 is 11.4. The summed E-state index contributed by atoms with van der Waals surface area (Å²) in [7, 11) is 1.60. The molecule has 5 heteroatoms. The van der Waals surface area contributed by atoms with E-state index >= 15 is 0 Å². The molecule has 0 heterocycles. The lowest BCUT2D eigenvalue weighted by Gasteiger charge is -2.21. The van der Waals surface area contributed by atoms with E-state index in [2.05, 4.69) is 0 Å². The minimum absolute atomic E-state index is 0.742. The fraction of sp³-hybridized carbons (Fsp3) is 0.143. The van der Waals surface area contributed by atoms with Gasteiger partial charge in [0.2, 0.25) is 0 Å². The van der Waals surface area contributed by atoms with Crippen molar-refractivity contribution in [3.05, 3.63) is 54.6 Å². The zero-order valence-electron chi connectivity index (χ0n) is 10.8. The fourth-order valence-electron chi connectivity index (χ4n) is 1.58. The van der Waals surface area contributed by atoms with Gasteiger partial charge in [-0.15, -0.1) is 11.8 Å². The van der Waals surface area contributed by atoms with Gasteiger partial charge in [-0.25, -0.2) is 0 Å². The van der Waals surface area contributed by atoms with Crippen LogP contribution in [0.1, 0.15) is 0 Å². The van der Waals surface area contributed by atoms with Gasteiger partial charge in [0, 0.05) is 17.3 Å². The molecule has 0 spiro atoms. The molecule has 0 amide bonds. The molecule has 2 nitrogen and oxygen atoms in total. The van der Waals surface area contributed by atoms with Gasteiger partial charge >= 0.3 is 0 Å². The molecule has 0 aliphatic heterocycles. The molecule has 0 N–H and O–H groups in total. The van der Waals surface area contributed by atoms with E-state index in [4.69, 9.17) is 20.9 Å². The average molecular weight is 310 g/mol. The SMILES string of the molecule is COP(=S)(Oc1ccc(SC)cc1)c1ccccc1. The van der Waals surface area contributed by atoms with Gasteiger partial charge in [-0.3, -0.25) is 0 Å². The predicted octanol–water partition coefficient (Wildman–Crippen LogP) is 4.07. The molecule has 0 aromatic heterocycles. The highest BCUT2D eigenvalue weighted by Crippen LogP contribution is 2.46. The molecule has 1 unspecified atom stereocenters. The highest BCUT2D eigenvalue weighted by molar-refractivity contribution is 8.13. The van der Waals surface area contributed by atoms with Crippen LogP contribution in [0.5, 0.6) is 5.75 Å². The summed E-state index contributed by atoms with van der Waals surface area (Å²) in [5.41, 5.74) is 0. The molecule has 2 aromatic carbocycles. The lowest BCUT2D eigenvalue weighted by atomic mass is 10.3. The Morgan fingerprint density at radius 1 is 1.00 bits per heavy atom. The summed E-state index contributed by atoms with van der Waals surface area (Å²) in [6.07, 6.45) is 2.04. The van der Waals surface area contributed by atoms with Crippen molar-refractivity contribution in [2.75, 3.05) is 13.4 Å². The normalized spacial score (nSPS) is 13.8. The Hall–Kier alpha value is -0.800. The molecule has 2 aromatic rings. The van der Waals surface area contributed by atoms with Crippen molar-refractivity contribution in [1.82, 2.24) is 0 Å². The number of hydrogen-bond donors (Lipinski definition) is 0. The van der Waals surface area contributed by atoms with Crippen molar-refractivity contribution >= 4 is 35.4 Å². The van der Waals surface area contributed by atoms with Crippen molar-refractivity contribution in [2.45, 2.75) is 4.90 Å². The first-order chi connectivity index (χ1) is 9.18. The Kier molecular flexibility index (Phi) is 5.06. The first-order valence-electron chi connectivity index (χ1n) is 5.73. The fourth-order valence-corrected chi connectivity index (χ4v) is 3.94. The molecule has 1 atom stereocenters. The van der Waals surface area contributed by atoms with Gasteiger partial charge in [-0.2, -0.15) is 0 Å². The van der Waals surface area contributed by atoms with E-state index in [0.717, 1.165) is 11.1 Å². The summed E-state index contributed by atoms with van der Waals surface area (Å²) in [6.45, 7) is -2.47. The number of benzene rings is 2. The molecule has 19 heavy (non-hydrogen) atoms. The number of rotatable bonds is 5. The van der Waals surface area contributed by atoms with Gasteiger partial charge in [0.25, 0.3) is 6.49 Å². The minimum Gasteiger partial charge on any atom is -0.440 e. The van der Waals surface area contributed by atoms with E-state index in [1.54, 1.807) is 18.9 Å². The van der Waals surface area contributed by atoms with E-state index in [1.807, 2.05) is 60.9 Å². The second kappa shape index (κ2) is 6.58. The van der Waals surface area contributed by atoms with Crippen molar-refractivity contribution in [3.63, 3.8) is 0 Å². The smallest absolute Gasteiger partial charge is 0.268 e. The van der Waals surface area contributed by atoms with Crippen LogP contribution in [0, 0.1) is 0 Å². The molecule has 0 aliphatic rings. The Morgan fingerprint density at radius 2 is 1.63 bits per heavy atom. The van der Waals surface area contributed by atoms with Gasteiger partial charge in [-0.1, -0.05) is 18.2 Å². The van der Waals surface area contributed by atoms with Crippen LogP contribution >= 0.6 is 18.3 Å². The highest BCUT2D eigenvalue weighted by Gasteiger charge is 2.21. The summed E-state index contributed by atoms with van der Waals surface area (Å²) in [6, 6.07) is 17.6. The number of hydrogen-bond acceptors (Lipinski definition) is 4. The quantitative estimate of drug-likeness (QED) is 0.612. The third-order valence-electron chi connectivity index (χ3n) is 2.60. The van der Waals surface area contributed by atoms with E-state index in [9.17, 15) is 0 Å². The van der Waals surface area contributed by atoms with Crippen molar-refractivity contribution in [1.29, 1.82) is 0 Å². The number of thioether (sulfide) groups is 1. The van der Waals surface area contributed by atoms with Crippen LogP contribution in [0.15, 0.2) is 59.5 Å². The monoisotopic (exact) mass is 310 g/mol. The zero-order valence-corrected chi connectivity index (χ0v) is 13.3. The molecule has 0 radical (unpaired) electrons. The Bertz CT molecular complexity index is 570. The predicted molar refractivity (Wildman–Crippen MR) is 86.2 cm³/mol. The maximum absolute atomic E-state index is 5.93. The summed E-state index contributed by atoms with van der Waals surface area (Å²) >= 11 is 7.27. The molecular weight excluding hydrogens is 295 g/mol. The van der Waals surface area contributed by atoms with Crippen LogP contribution in [0.4, 0.5) is 0 Å². The van der Waals surface area contributed by atoms with Crippen LogP contribution in [0.25, 0.3) is 0 Å². The topological polar surface area (TPSA) is 18.5 Å². The highest BCUT2D eigenvalue weighted by atomic mass is 32.5. The van der Waals surface area contributed by atoms with Gasteiger partial charge in [-0.05, 0) is 54.5 Å². The first kappa shape index (κ1) is 14.6. The van der Waals surface area contributed by atoms with Crippen LogP contribution in [0.3, 0.4) is 0 Å². The van der Waals surface area contributed by atoms with E-state index in [1.165, 1.54) is 4.90 Å². The Balaban J connectivity index is 2.25. The molecule has 100 valence electrons. The molecule has 0 bridgehead atoms. The Morgan fingerprint density at radius 3 is 2.16 bits per heavy atom. The van der Waals surface area contributed by atoms with Gasteiger partial charge in [0.15, 0.2) is 0 Å². The lowest BCUT2D eigenvalue weighted by molar-refractivity contribution is 0.402. The van der Waals surface area contributed by atoms with Crippen molar-refractivity contribution in [2.24, 2.45) is 0 Å². The maximum Gasteiger partial charge on any atom is 0.268 e. The third-order valence-corrected chi connectivity index (χ3v) is 6.51. The second-order valence-corrected chi connectivity index (χ2v) is 8.16. The molecule has 0 fully saturated rings. The van der Waals surface area contributed by atoms with Gasteiger partial charge in [0.05, 0.1) is 0 Å². The summed E-state index contributed by atoms with van der Waals surface area (Å²) in [5, 5.41) is 0.918. The largest absolute Gasteiger partial charge is 0.440 e. The summed E-state index contributed by atoms with van der Waals surface area (Å²) in [4.78, 5) is 1.19. The molecule has 0 saturated carbocycles. The molecular formula is C14H15O2PS2. The second-order valence-electron chi connectivity index (χ2n) is 3.78. The van der Waals surface area contributed by atoms with Crippen molar-refractivity contribution < 1.29 is 9.05 Å². The van der Waals surface area contributed by atoms with Crippen LogP contribution in [0.2, 0.25) is 0 Å². The van der Waals surface area contributed by atoms with Crippen LogP contribution < -0.4 is 9.83 Å². The van der Waals surface area contributed by atoms with Gasteiger partial charge < -0.3 is 9.05 Å². The average Bonchev–Trinajstić information content (AvgIpc) is 2.49. The molecule has 2 rings (SSSR count). The molecule has 0 aliphatic carbocycles. The van der Waals surface area contributed by atoms with E-state index in [0.29, 0.717) is 0 Å². The molecule has 0 saturated heterocycles. The third kappa shape index (κ3) is 3.61. The Labute approximate surface area is 123 Å². The van der Waals surface area contributed by atoms with E-state index < -0.39 is 6.49 Å². The minimum atomic E-state index is -2.47. The lowest BCUT2D eigenvalue weighted by Crippen LogP contribution is -2.10. The zero-order chi connectivity index (χ0) is 13.7. The first-order valence-corrected chi connectivity index (χ1v) is 9.59. The van der Waals surface area contributed by atoms with Crippen LogP contribution in [-0.2, 0) is 16.3 Å². The van der Waals surface area contributed by atoms with Crippen LogP contribution in [-0.4, -0.2) is 13.4 Å². The standard InChI is InChI=1S/C14H15O2PS2/c1-15-17(18,13-6-4-3-5-7-13)16-12-8-10-14(19-2)11-9-12/h3-11H,1-2H3. The van der Waals surface area contributed by atoms with E-state index in [-0.39, 0.29) is 0 Å². The van der Waals surface area contributed by atoms with Crippen molar-refractivity contribution in [3.8, 4) is 5.75 Å².